The van der Waals surface area contributed by atoms with Gasteiger partial charge in [0.2, 0.25) is 17.7 Å². The molecule has 3 rings (SSSR count). The van der Waals surface area contributed by atoms with Crippen molar-refractivity contribution in [2.45, 2.75) is 19.3 Å². The van der Waals surface area contributed by atoms with Gasteiger partial charge in [0.05, 0.1) is 12.1 Å². The highest BCUT2D eigenvalue weighted by atomic mass is 32.1. The molecule has 0 unspecified atom stereocenters. The van der Waals surface area contributed by atoms with Crippen LogP contribution in [0.3, 0.4) is 0 Å². The van der Waals surface area contributed by atoms with Crippen molar-refractivity contribution in [1.29, 1.82) is 0 Å². The zero-order valence-corrected chi connectivity index (χ0v) is 13.6. The van der Waals surface area contributed by atoms with Gasteiger partial charge in [0.25, 0.3) is 0 Å². The van der Waals surface area contributed by atoms with Crippen LogP contribution in [0.5, 0.6) is 0 Å². The molecule has 2 aromatic rings. The average molecular weight is 344 g/mol. The molecular formula is C16H16N4O3S. The van der Waals surface area contributed by atoms with Gasteiger partial charge < -0.3 is 11.1 Å². The summed E-state index contributed by atoms with van der Waals surface area (Å²) in [7, 11) is 0. The Bertz CT molecular complexity index is 785. The van der Waals surface area contributed by atoms with Crippen LogP contribution >= 0.6 is 11.3 Å². The van der Waals surface area contributed by atoms with Crippen LogP contribution < -0.4 is 16.0 Å². The monoisotopic (exact) mass is 344 g/mol. The normalized spacial score (nSPS) is 14.0. The molecule has 3 amide bonds. The van der Waals surface area contributed by atoms with Crippen molar-refractivity contribution < 1.29 is 14.4 Å². The Balaban J connectivity index is 1.59. The van der Waals surface area contributed by atoms with Crippen molar-refractivity contribution in [2.24, 2.45) is 5.73 Å². The molecule has 0 saturated carbocycles. The third kappa shape index (κ3) is 3.60. The number of aromatic nitrogens is 1. The van der Waals surface area contributed by atoms with Crippen LogP contribution in [0, 0.1) is 0 Å². The molecule has 1 aliphatic rings. The molecule has 1 aromatic carbocycles. The standard InChI is InChI=1S/C16H16N4O3S/c17-15(23)10-3-5-11(6-4-10)18-13(21)8-12-9-24-16(19-12)20-7-1-2-14(20)22/h3-6,9H,1-2,7-8H2,(H2,17,23)(H,18,21). The van der Waals surface area contributed by atoms with Gasteiger partial charge in [-0.2, -0.15) is 0 Å². The zero-order valence-electron chi connectivity index (χ0n) is 12.8. The van der Waals surface area contributed by atoms with E-state index in [1.807, 2.05) is 0 Å². The number of carbonyl (C=O) groups is 3. The maximum absolute atomic E-state index is 12.1. The summed E-state index contributed by atoms with van der Waals surface area (Å²) in [6.45, 7) is 0.685. The van der Waals surface area contributed by atoms with Gasteiger partial charge in [0.1, 0.15) is 0 Å². The highest BCUT2D eigenvalue weighted by Crippen LogP contribution is 2.25. The van der Waals surface area contributed by atoms with Crippen molar-refractivity contribution in [2.75, 3.05) is 16.8 Å². The number of nitrogens with two attached hydrogens (primary N) is 1. The number of primary amides is 1. The van der Waals surface area contributed by atoms with Gasteiger partial charge in [-0.1, -0.05) is 0 Å². The van der Waals surface area contributed by atoms with E-state index in [0.717, 1.165) is 6.42 Å². The first-order valence-corrected chi connectivity index (χ1v) is 8.35. The maximum Gasteiger partial charge on any atom is 0.248 e. The molecule has 7 nitrogen and oxygen atoms in total. The van der Waals surface area contributed by atoms with Gasteiger partial charge in [-0.25, -0.2) is 4.98 Å². The first-order valence-electron chi connectivity index (χ1n) is 7.47. The van der Waals surface area contributed by atoms with E-state index in [4.69, 9.17) is 5.73 Å². The number of anilines is 2. The van der Waals surface area contributed by atoms with Crippen LogP contribution in [0.2, 0.25) is 0 Å². The van der Waals surface area contributed by atoms with E-state index in [2.05, 4.69) is 10.3 Å². The molecule has 0 radical (unpaired) electrons. The van der Waals surface area contributed by atoms with Crippen LogP contribution in [0.25, 0.3) is 0 Å². The Morgan fingerprint density at radius 1 is 1.29 bits per heavy atom. The van der Waals surface area contributed by atoms with Crippen molar-refractivity contribution in [3.63, 3.8) is 0 Å². The van der Waals surface area contributed by atoms with Crippen LogP contribution in [0.1, 0.15) is 28.9 Å². The van der Waals surface area contributed by atoms with Gasteiger partial charge in [0, 0.05) is 29.6 Å². The largest absolute Gasteiger partial charge is 0.366 e. The summed E-state index contributed by atoms with van der Waals surface area (Å²) in [5.74, 6) is -0.652. The number of hydrogen-bond acceptors (Lipinski definition) is 5. The van der Waals surface area contributed by atoms with Gasteiger partial charge in [0.15, 0.2) is 5.13 Å². The lowest BCUT2D eigenvalue weighted by Crippen LogP contribution is -2.23. The summed E-state index contributed by atoms with van der Waals surface area (Å²) >= 11 is 1.37. The van der Waals surface area contributed by atoms with E-state index in [9.17, 15) is 14.4 Å². The number of rotatable bonds is 5. The number of amides is 3. The van der Waals surface area contributed by atoms with Crippen molar-refractivity contribution in [1.82, 2.24) is 4.98 Å². The minimum atomic E-state index is -0.515. The van der Waals surface area contributed by atoms with Crippen LogP contribution in [-0.4, -0.2) is 29.3 Å². The van der Waals surface area contributed by atoms with Crippen molar-refractivity contribution in [3.8, 4) is 0 Å². The smallest absolute Gasteiger partial charge is 0.248 e. The second-order valence-electron chi connectivity index (χ2n) is 5.44. The van der Waals surface area contributed by atoms with E-state index in [0.29, 0.717) is 35.0 Å². The quantitative estimate of drug-likeness (QED) is 0.858. The summed E-state index contributed by atoms with van der Waals surface area (Å²) < 4.78 is 0. The van der Waals surface area contributed by atoms with Crippen LogP contribution in [-0.2, 0) is 16.0 Å². The first-order chi connectivity index (χ1) is 11.5. The van der Waals surface area contributed by atoms with E-state index in [-0.39, 0.29) is 18.2 Å². The Kier molecular flexibility index (Phi) is 4.57. The fraction of sp³-hybridized carbons (Fsp3) is 0.250. The minimum Gasteiger partial charge on any atom is -0.366 e. The van der Waals surface area contributed by atoms with Gasteiger partial charge >= 0.3 is 0 Å². The molecule has 3 N–H and O–H groups in total. The SMILES string of the molecule is NC(=O)c1ccc(NC(=O)Cc2csc(N3CCCC3=O)n2)cc1. The fourth-order valence-corrected chi connectivity index (χ4v) is 3.31. The van der Waals surface area contributed by atoms with Gasteiger partial charge in [-0.3, -0.25) is 19.3 Å². The lowest BCUT2D eigenvalue weighted by atomic mass is 10.2. The summed E-state index contributed by atoms with van der Waals surface area (Å²) in [5, 5.41) is 5.17. The molecule has 124 valence electrons. The number of thiazole rings is 1. The molecule has 1 aliphatic heterocycles. The molecular weight excluding hydrogens is 328 g/mol. The predicted molar refractivity (Wildman–Crippen MR) is 91.0 cm³/mol. The molecule has 0 bridgehead atoms. The number of hydrogen-bond donors (Lipinski definition) is 2. The summed E-state index contributed by atoms with van der Waals surface area (Å²) in [4.78, 5) is 40.8. The van der Waals surface area contributed by atoms with E-state index < -0.39 is 5.91 Å². The lowest BCUT2D eigenvalue weighted by Gasteiger charge is -2.10. The molecule has 1 fully saturated rings. The highest BCUT2D eigenvalue weighted by molar-refractivity contribution is 7.14. The Hall–Kier alpha value is -2.74. The number of nitrogens with zero attached hydrogens (tertiary/aromatic N) is 2. The third-order valence-electron chi connectivity index (χ3n) is 3.64. The molecule has 0 spiro atoms. The summed E-state index contributed by atoms with van der Waals surface area (Å²) in [5.41, 5.74) is 6.76. The van der Waals surface area contributed by atoms with E-state index >= 15 is 0 Å². The van der Waals surface area contributed by atoms with Crippen LogP contribution in [0.4, 0.5) is 10.8 Å². The van der Waals surface area contributed by atoms with E-state index in [1.54, 1.807) is 34.5 Å². The van der Waals surface area contributed by atoms with E-state index in [1.165, 1.54) is 11.3 Å². The topological polar surface area (TPSA) is 105 Å². The van der Waals surface area contributed by atoms with Crippen LogP contribution in [0.15, 0.2) is 29.6 Å². The summed E-state index contributed by atoms with van der Waals surface area (Å²) in [6, 6.07) is 6.34. The Morgan fingerprint density at radius 2 is 2.04 bits per heavy atom. The Morgan fingerprint density at radius 3 is 2.67 bits per heavy atom. The summed E-state index contributed by atoms with van der Waals surface area (Å²) in [6.07, 6.45) is 1.52. The molecule has 1 aromatic heterocycles. The molecule has 1 saturated heterocycles. The lowest BCUT2D eigenvalue weighted by molar-refractivity contribution is -0.117. The first kappa shape index (κ1) is 16.1. The predicted octanol–water partition coefficient (Wildman–Crippen LogP) is 1.55. The van der Waals surface area contributed by atoms with Crippen molar-refractivity contribution >= 4 is 39.9 Å². The molecule has 8 heteroatoms. The third-order valence-corrected chi connectivity index (χ3v) is 4.55. The second kappa shape index (κ2) is 6.79. The minimum absolute atomic E-state index is 0.0786. The second-order valence-corrected chi connectivity index (χ2v) is 6.27. The van der Waals surface area contributed by atoms with Crippen molar-refractivity contribution in [3.05, 3.63) is 40.9 Å². The van der Waals surface area contributed by atoms with Gasteiger partial charge in [-0.15, -0.1) is 11.3 Å². The number of benzene rings is 1. The maximum atomic E-state index is 12.1. The average Bonchev–Trinajstić information content (AvgIpc) is 3.16. The fourth-order valence-electron chi connectivity index (χ4n) is 2.44. The molecule has 0 atom stereocenters. The highest BCUT2D eigenvalue weighted by Gasteiger charge is 2.24. The number of nitrogens with one attached hydrogen (secondary N) is 1. The molecule has 0 aliphatic carbocycles. The Labute approximate surface area is 142 Å². The number of carbonyl (C=O) groups excluding carboxylic acids is 3. The molecule has 2 heterocycles. The molecule has 24 heavy (non-hydrogen) atoms. The zero-order chi connectivity index (χ0) is 17.1. The van der Waals surface area contributed by atoms with Gasteiger partial charge in [-0.05, 0) is 30.7 Å².